The smallest absolute Gasteiger partial charge is 0.0768 e. The van der Waals surface area contributed by atoms with E-state index in [-0.39, 0.29) is 0 Å². The molecule has 1 rings (SSSR count). The summed E-state index contributed by atoms with van der Waals surface area (Å²) < 4.78 is 0. The average Bonchev–Trinajstić information content (AvgIpc) is 2.05. The summed E-state index contributed by atoms with van der Waals surface area (Å²) in [6.07, 6.45) is 5.45. The van der Waals surface area contributed by atoms with E-state index in [0.717, 1.165) is 24.9 Å². The van der Waals surface area contributed by atoms with Crippen LogP contribution in [0, 0.1) is 11.8 Å². The van der Waals surface area contributed by atoms with Gasteiger partial charge in [0.1, 0.15) is 0 Å². The van der Waals surface area contributed by atoms with Gasteiger partial charge in [-0.25, -0.2) is 0 Å². The molecule has 1 aliphatic carbocycles. The van der Waals surface area contributed by atoms with Crippen LogP contribution in [-0.4, -0.2) is 13.1 Å². The zero-order valence-corrected chi connectivity index (χ0v) is 6.68. The van der Waals surface area contributed by atoms with Crippen molar-refractivity contribution >= 4 is 0 Å². The standard InChI is InChI=1S/C8H18N2/c9-5-7-2-1-3-8(4-7)6-10/h7-8H,1-6,9-10H2/p+1. The Bertz CT molecular complexity index is 83.3. The Hall–Kier alpha value is -0.0800. The van der Waals surface area contributed by atoms with Gasteiger partial charge in [-0.3, -0.25) is 0 Å². The third-order valence-electron chi connectivity index (χ3n) is 2.63. The van der Waals surface area contributed by atoms with E-state index in [4.69, 9.17) is 5.73 Å². The van der Waals surface area contributed by atoms with Gasteiger partial charge in [0.15, 0.2) is 0 Å². The highest BCUT2D eigenvalue weighted by molar-refractivity contribution is 4.72. The molecule has 1 saturated carbocycles. The first-order chi connectivity index (χ1) is 4.86. The molecule has 5 N–H and O–H groups in total. The Morgan fingerprint density at radius 1 is 1.30 bits per heavy atom. The van der Waals surface area contributed by atoms with Gasteiger partial charge >= 0.3 is 0 Å². The van der Waals surface area contributed by atoms with E-state index < -0.39 is 0 Å². The summed E-state index contributed by atoms with van der Waals surface area (Å²) in [6, 6.07) is 0. The fourth-order valence-electron chi connectivity index (χ4n) is 1.88. The lowest BCUT2D eigenvalue weighted by molar-refractivity contribution is -0.381. The van der Waals surface area contributed by atoms with Crippen LogP contribution in [0.1, 0.15) is 25.7 Å². The summed E-state index contributed by atoms with van der Waals surface area (Å²) >= 11 is 0. The van der Waals surface area contributed by atoms with Gasteiger partial charge in [-0.2, -0.15) is 0 Å². The van der Waals surface area contributed by atoms with Crippen molar-refractivity contribution in [2.45, 2.75) is 25.7 Å². The summed E-state index contributed by atoms with van der Waals surface area (Å²) in [6.45, 7) is 1.99. The predicted octanol–water partition coefficient (Wildman–Crippen LogP) is -0.00660. The number of hydrogen-bond donors (Lipinski definition) is 2. The SMILES string of the molecule is NCC1CCCC(C[NH3+])C1. The fourth-order valence-corrected chi connectivity index (χ4v) is 1.88. The number of quaternary nitrogens is 1. The van der Waals surface area contributed by atoms with E-state index in [1.165, 1.54) is 25.7 Å². The van der Waals surface area contributed by atoms with Gasteiger partial charge in [0.05, 0.1) is 6.54 Å². The molecule has 2 nitrogen and oxygen atoms in total. The van der Waals surface area contributed by atoms with Crippen LogP contribution in [0.3, 0.4) is 0 Å². The second-order valence-corrected chi connectivity index (χ2v) is 3.42. The van der Waals surface area contributed by atoms with Crippen molar-refractivity contribution in [3.8, 4) is 0 Å². The van der Waals surface area contributed by atoms with Gasteiger partial charge in [0, 0.05) is 5.92 Å². The monoisotopic (exact) mass is 143 g/mol. The molecule has 2 heteroatoms. The third kappa shape index (κ3) is 1.96. The molecular weight excluding hydrogens is 124 g/mol. The minimum absolute atomic E-state index is 0.806. The molecule has 1 fully saturated rings. The summed E-state index contributed by atoms with van der Waals surface area (Å²) in [5.74, 6) is 1.68. The van der Waals surface area contributed by atoms with Crippen molar-refractivity contribution in [3.05, 3.63) is 0 Å². The van der Waals surface area contributed by atoms with Crippen LogP contribution in [-0.2, 0) is 0 Å². The molecule has 0 aromatic rings. The van der Waals surface area contributed by atoms with Crippen LogP contribution in [0.2, 0.25) is 0 Å². The second kappa shape index (κ2) is 3.94. The lowest BCUT2D eigenvalue weighted by Crippen LogP contribution is -2.54. The Morgan fingerprint density at radius 3 is 2.60 bits per heavy atom. The number of nitrogens with two attached hydrogens (primary N) is 1. The summed E-state index contributed by atoms with van der Waals surface area (Å²) in [4.78, 5) is 0. The highest BCUT2D eigenvalue weighted by atomic mass is 14.6. The number of hydrogen-bond acceptors (Lipinski definition) is 1. The zero-order valence-electron chi connectivity index (χ0n) is 6.68. The van der Waals surface area contributed by atoms with E-state index in [9.17, 15) is 0 Å². The second-order valence-electron chi connectivity index (χ2n) is 3.42. The Balaban J connectivity index is 2.25. The molecule has 0 bridgehead atoms. The Morgan fingerprint density at radius 2 is 2.00 bits per heavy atom. The minimum atomic E-state index is 0.806. The third-order valence-corrected chi connectivity index (χ3v) is 2.63. The van der Waals surface area contributed by atoms with Crippen molar-refractivity contribution < 1.29 is 5.73 Å². The van der Waals surface area contributed by atoms with Gasteiger partial charge < -0.3 is 11.5 Å². The van der Waals surface area contributed by atoms with E-state index >= 15 is 0 Å². The Kier molecular flexibility index (Phi) is 3.16. The maximum atomic E-state index is 5.60. The van der Waals surface area contributed by atoms with Crippen LogP contribution in [0.4, 0.5) is 0 Å². The van der Waals surface area contributed by atoms with Gasteiger partial charge in [-0.05, 0) is 31.7 Å². The number of rotatable bonds is 2. The quantitative estimate of drug-likeness (QED) is 0.561. The maximum absolute atomic E-state index is 5.60. The first-order valence-electron chi connectivity index (χ1n) is 4.36. The fraction of sp³-hybridized carbons (Fsp3) is 1.00. The van der Waals surface area contributed by atoms with Gasteiger partial charge in [0.25, 0.3) is 0 Å². The molecule has 0 aromatic heterocycles. The van der Waals surface area contributed by atoms with Gasteiger partial charge in [-0.1, -0.05) is 6.42 Å². The molecule has 0 spiro atoms. The molecule has 2 unspecified atom stereocenters. The minimum Gasteiger partial charge on any atom is -0.357 e. The summed E-state index contributed by atoms with van der Waals surface area (Å²) in [5.41, 5.74) is 9.54. The first kappa shape index (κ1) is 8.02. The van der Waals surface area contributed by atoms with Gasteiger partial charge in [-0.15, -0.1) is 0 Å². The van der Waals surface area contributed by atoms with Crippen molar-refractivity contribution in [2.24, 2.45) is 17.6 Å². The van der Waals surface area contributed by atoms with Crippen LogP contribution in [0.5, 0.6) is 0 Å². The lowest BCUT2D eigenvalue weighted by atomic mass is 9.81. The normalized spacial score (nSPS) is 34.2. The summed E-state index contributed by atoms with van der Waals surface area (Å²) in [5, 5.41) is 0. The van der Waals surface area contributed by atoms with Crippen LogP contribution in [0.15, 0.2) is 0 Å². The summed E-state index contributed by atoms with van der Waals surface area (Å²) in [7, 11) is 0. The molecule has 2 atom stereocenters. The molecule has 0 saturated heterocycles. The van der Waals surface area contributed by atoms with Crippen molar-refractivity contribution in [3.63, 3.8) is 0 Å². The van der Waals surface area contributed by atoms with Crippen molar-refractivity contribution in [1.29, 1.82) is 0 Å². The molecule has 0 radical (unpaired) electrons. The average molecular weight is 143 g/mol. The zero-order chi connectivity index (χ0) is 7.40. The lowest BCUT2D eigenvalue weighted by Gasteiger charge is -2.25. The largest absolute Gasteiger partial charge is 0.357 e. The molecule has 0 aromatic carbocycles. The predicted molar refractivity (Wildman–Crippen MR) is 42.3 cm³/mol. The van der Waals surface area contributed by atoms with Gasteiger partial charge in [0.2, 0.25) is 0 Å². The van der Waals surface area contributed by atoms with Crippen LogP contribution in [0.25, 0.3) is 0 Å². The molecule has 60 valence electrons. The van der Waals surface area contributed by atoms with E-state index in [2.05, 4.69) is 5.73 Å². The molecular formula is C8H19N2+. The van der Waals surface area contributed by atoms with E-state index in [0.29, 0.717) is 0 Å². The highest BCUT2D eigenvalue weighted by Gasteiger charge is 2.20. The highest BCUT2D eigenvalue weighted by Crippen LogP contribution is 2.26. The van der Waals surface area contributed by atoms with E-state index in [1.54, 1.807) is 0 Å². The van der Waals surface area contributed by atoms with Crippen LogP contribution < -0.4 is 11.5 Å². The molecule has 0 aliphatic heterocycles. The van der Waals surface area contributed by atoms with Crippen molar-refractivity contribution in [2.75, 3.05) is 13.1 Å². The molecule has 0 heterocycles. The molecule has 0 amide bonds. The first-order valence-corrected chi connectivity index (χ1v) is 4.36. The Labute approximate surface area is 63.0 Å². The van der Waals surface area contributed by atoms with Crippen molar-refractivity contribution in [1.82, 2.24) is 0 Å². The molecule has 1 aliphatic rings. The van der Waals surface area contributed by atoms with E-state index in [1.807, 2.05) is 0 Å². The maximum Gasteiger partial charge on any atom is 0.0768 e. The molecule has 10 heavy (non-hydrogen) atoms. The topological polar surface area (TPSA) is 53.7 Å². The van der Waals surface area contributed by atoms with Crippen LogP contribution >= 0.6 is 0 Å².